The minimum Gasteiger partial charge on any atom is -0.0845 e. The number of allylic oxidation sites excluding steroid dienone is 4. The summed E-state index contributed by atoms with van der Waals surface area (Å²) in [5, 5.41) is 0. The van der Waals surface area contributed by atoms with E-state index in [0.29, 0.717) is 0 Å². The van der Waals surface area contributed by atoms with E-state index in [1.165, 1.54) is 70.6 Å². The molecular weight excluding hydrogens is 216 g/mol. The van der Waals surface area contributed by atoms with Crippen LogP contribution in [0.15, 0.2) is 18.2 Å². The highest BCUT2D eigenvalue weighted by atomic mass is 14.0. The Hall–Kier alpha value is -0.520. The van der Waals surface area contributed by atoms with Crippen LogP contribution >= 0.6 is 0 Å². The summed E-state index contributed by atoms with van der Waals surface area (Å²) >= 11 is 0. The molecule has 0 spiro atoms. The van der Waals surface area contributed by atoms with Crippen LogP contribution in [0.4, 0.5) is 0 Å². The van der Waals surface area contributed by atoms with Crippen LogP contribution in [-0.2, 0) is 0 Å². The molecule has 0 aromatic carbocycles. The molecular formula is C18H33. The van der Waals surface area contributed by atoms with Crippen molar-refractivity contribution >= 4 is 0 Å². The Morgan fingerprint density at radius 2 is 1.28 bits per heavy atom. The summed E-state index contributed by atoms with van der Waals surface area (Å²) in [6.45, 7) is 4.40. The second-order valence-corrected chi connectivity index (χ2v) is 5.12. The van der Waals surface area contributed by atoms with Gasteiger partial charge >= 0.3 is 0 Å². The van der Waals surface area contributed by atoms with E-state index in [0.717, 1.165) is 6.42 Å². The highest BCUT2D eigenvalue weighted by Gasteiger charge is 1.91. The van der Waals surface area contributed by atoms with E-state index >= 15 is 0 Å². The van der Waals surface area contributed by atoms with Gasteiger partial charge in [0.15, 0.2) is 0 Å². The van der Waals surface area contributed by atoms with E-state index in [4.69, 9.17) is 0 Å². The summed E-state index contributed by atoms with van der Waals surface area (Å²) in [5.74, 6) is 0. The Kier molecular flexibility index (Phi) is 16.0. The number of hydrogen-bond donors (Lipinski definition) is 0. The first-order valence-corrected chi connectivity index (χ1v) is 8.13. The third-order valence-corrected chi connectivity index (χ3v) is 3.28. The van der Waals surface area contributed by atoms with Crippen LogP contribution in [0.5, 0.6) is 0 Å². The maximum atomic E-state index is 3.18. The van der Waals surface area contributed by atoms with Crippen molar-refractivity contribution in [3.63, 3.8) is 0 Å². The third kappa shape index (κ3) is 15.5. The molecule has 0 amide bonds. The van der Waals surface area contributed by atoms with Gasteiger partial charge in [0.1, 0.15) is 0 Å². The van der Waals surface area contributed by atoms with Crippen LogP contribution in [0.1, 0.15) is 90.9 Å². The average molecular weight is 249 g/mol. The zero-order valence-corrected chi connectivity index (χ0v) is 12.7. The fraction of sp³-hybridized carbons (Fsp3) is 0.778. The summed E-state index contributed by atoms with van der Waals surface area (Å²) < 4.78 is 0. The van der Waals surface area contributed by atoms with Gasteiger partial charge in [0.05, 0.1) is 0 Å². The molecule has 1 radical (unpaired) electrons. The van der Waals surface area contributed by atoms with Crippen molar-refractivity contribution in [3.8, 4) is 0 Å². The van der Waals surface area contributed by atoms with E-state index in [9.17, 15) is 0 Å². The summed E-state index contributed by atoms with van der Waals surface area (Å²) in [4.78, 5) is 0. The van der Waals surface area contributed by atoms with Crippen molar-refractivity contribution in [1.29, 1.82) is 0 Å². The van der Waals surface area contributed by atoms with Crippen molar-refractivity contribution in [2.24, 2.45) is 0 Å². The van der Waals surface area contributed by atoms with Gasteiger partial charge in [-0.2, -0.15) is 0 Å². The van der Waals surface area contributed by atoms with Crippen LogP contribution < -0.4 is 0 Å². The normalized spacial score (nSPS) is 11.9. The van der Waals surface area contributed by atoms with E-state index in [2.05, 4.69) is 32.1 Å². The Labute approximate surface area is 116 Å². The van der Waals surface area contributed by atoms with E-state index in [1.54, 1.807) is 0 Å². The topological polar surface area (TPSA) is 0 Å². The van der Waals surface area contributed by atoms with E-state index in [1.807, 2.05) is 6.08 Å². The van der Waals surface area contributed by atoms with Crippen molar-refractivity contribution in [2.75, 3.05) is 0 Å². The van der Waals surface area contributed by atoms with Gasteiger partial charge in [-0.1, -0.05) is 89.9 Å². The number of rotatable bonds is 13. The van der Waals surface area contributed by atoms with Crippen molar-refractivity contribution in [1.82, 2.24) is 0 Å². The largest absolute Gasteiger partial charge is 0.0845 e. The quantitative estimate of drug-likeness (QED) is 0.254. The molecule has 0 saturated carbocycles. The lowest BCUT2D eigenvalue weighted by molar-refractivity contribution is 0.557. The Bertz CT molecular complexity index is 188. The van der Waals surface area contributed by atoms with Crippen LogP contribution in [0.2, 0.25) is 0 Å². The first kappa shape index (κ1) is 17.5. The second-order valence-electron chi connectivity index (χ2n) is 5.12. The molecule has 0 aromatic rings. The van der Waals surface area contributed by atoms with Gasteiger partial charge < -0.3 is 0 Å². The maximum absolute atomic E-state index is 3.18. The molecule has 0 aliphatic heterocycles. The fourth-order valence-corrected chi connectivity index (χ4v) is 2.10. The van der Waals surface area contributed by atoms with Gasteiger partial charge in [0, 0.05) is 0 Å². The Morgan fingerprint density at radius 1 is 0.722 bits per heavy atom. The summed E-state index contributed by atoms with van der Waals surface area (Å²) in [7, 11) is 0. The highest BCUT2D eigenvalue weighted by Crippen LogP contribution is 2.11. The fourth-order valence-electron chi connectivity index (χ4n) is 2.10. The third-order valence-electron chi connectivity index (χ3n) is 3.28. The van der Waals surface area contributed by atoms with Crippen LogP contribution in [0, 0.1) is 6.08 Å². The molecule has 0 bridgehead atoms. The van der Waals surface area contributed by atoms with Crippen molar-refractivity contribution < 1.29 is 0 Å². The lowest BCUT2D eigenvalue weighted by Crippen LogP contribution is -1.81. The maximum Gasteiger partial charge on any atom is -0.0305 e. The average Bonchev–Trinajstić information content (AvgIpc) is 2.39. The van der Waals surface area contributed by atoms with Crippen molar-refractivity contribution in [2.45, 2.75) is 90.9 Å². The predicted octanol–water partition coefficient (Wildman–Crippen LogP) is 6.62. The minimum atomic E-state index is 1.02. The van der Waals surface area contributed by atoms with Gasteiger partial charge in [-0.15, -0.1) is 0 Å². The smallest absolute Gasteiger partial charge is 0.0305 e. The Morgan fingerprint density at radius 3 is 1.83 bits per heavy atom. The minimum absolute atomic E-state index is 1.02. The molecule has 0 saturated heterocycles. The zero-order valence-electron chi connectivity index (χ0n) is 12.7. The molecule has 0 heterocycles. The van der Waals surface area contributed by atoms with E-state index < -0.39 is 0 Å². The van der Waals surface area contributed by atoms with Crippen LogP contribution in [0.25, 0.3) is 0 Å². The summed E-state index contributed by atoms with van der Waals surface area (Å²) in [6.07, 6.45) is 26.1. The van der Waals surface area contributed by atoms with Gasteiger partial charge in [-0.05, 0) is 25.3 Å². The lowest BCUT2D eigenvalue weighted by Gasteiger charge is -2.01. The van der Waals surface area contributed by atoms with Crippen LogP contribution in [0.3, 0.4) is 0 Å². The molecule has 0 aliphatic rings. The van der Waals surface area contributed by atoms with Crippen LogP contribution in [-0.4, -0.2) is 0 Å². The molecule has 0 N–H and O–H groups in total. The molecule has 0 aromatic heterocycles. The molecule has 18 heavy (non-hydrogen) atoms. The first-order valence-electron chi connectivity index (χ1n) is 8.13. The summed E-state index contributed by atoms with van der Waals surface area (Å²) in [6, 6.07) is 0. The molecule has 0 heteroatoms. The molecule has 0 aliphatic carbocycles. The number of hydrogen-bond acceptors (Lipinski definition) is 0. The van der Waals surface area contributed by atoms with Gasteiger partial charge in [0.25, 0.3) is 0 Å². The van der Waals surface area contributed by atoms with Gasteiger partial charge in [0.2, 0.25) is 0 Å². The highest BCUT2D eigenvalue weighted by molar-refractivity contribution is 4.98. The summed E-state index contributed by atoms with van der Waals surface area (Å²) in [5.41, 5.74) is 0. The molecule has 0 fully saturated rings. The first-order chi connectivity index (χ1) is 8.91. The van der Waals surface area contributed by atoms with Gasteiger partial charge in [-0.3, -0.25) is 0 Å². The zero-order chi connectivity index (χ0) is 13.3. The monoisotopic (exact) mass is 249 g/mol. The SMILES string of the molecule is CC/[C]=C\C=C\CCCCCCCCCCCC. The Balaban J connectivity index is 3.03. The standard InChI is InChI=1S/C18H33/c1-3-5-7-9-11-13-15-17-18-16-14-12-10-8-6-4-2/h8,10,12H,3-5,7,9,11,13-18H2,1-2H3/b8-6?,12-10+. The van der Waals surface area contributed by atoms with Gasteiger partial charge in [-0.25, -0.2) is 0 Å². The molecule has 0 rings (SSSR count). The lowest BCUT2D eigenvalue weighted by atomic mass is 10.1. The molecule has 0 nitrogen and oxygen atoms in total. The van der Waals surface area contributed by atoms with E-state index in [-0.39, 0.29) is 0 Å². The van der Waals surface area contributed by atoms with Crippen molar-refractivity contribution in [3.05, 3.63) is 24.3 Å². The molecule has 0 unspecified atom stereocenters. The molecule has 0 atom stereocenters. The number of unbranched alkanes of at least 4 members (excludes halogenated alkanes) is 10. The molecule has 105 valence electrons. The predicted molar refractivity (Wildman–Crippen MR) is 83.7 cm³/mol. The second kappa shape index (κ2) is 16.5.